The molecule has 1 fully saturated rings. The van der Waals surface area contributed by atoms with E-state index in [9.17, 15) is 19.8 Å². The van der Waals surface area contributed by atoms with Gasteiger partial charge in [0.2, 0.25) is 0 Å². The Labute approximate surface area is 105 Å². The third kappa shape index (κ3) is 2.37. The minimum absolute atomic E-state index is 0.177. The van der Waals surface area contributed by atoms with E-state index in [-0.39, 0.29) is 11.5 Å². The van der Waals surface area contributed by atoms with E-state index in [4.69, 9.17) is 0 Å². The fraction of sp³-hybridized carbons (Fsp3) is 0.429. The Morgan fingerprint density at radius 2 is 1.72 bits per heavy atom. The summed E-state index contributed by atoms with van der Waals surface area (Å²) >= 11 is 0. The van der Waals surface area contributed by atoms with Gasteiger partial charge in [-0.1, -0.05) is 31.0 Å². The number of rotatable bonds is 3. The van der Waals surface area contributed by atoms with Crippen LogP contribution in [0.15, 0.2) is 24.3 Å². The molecule has 0 spiro atoms. The Bertz CT molecular complexity index is 467. The van der Waals surface area contributed by atoms with Gasteiger partial charge in [-0.2, -0.15) is 0 Å². The second-order valence-electron chi connectivity index (χ2n) is 4.73. The Hall–Kier alpha value is -1.84. The first-order valence-electron chi connectivity index (χ1n) is 6.16. The van der Waals surface area contributed by atoms with E-state index in [1.807, 2.05) is 0 Å². The topological polar surface area (TPSA) is 74.6 Å². The lowest BCUT2D eigenvalue weighted by atomic mass is 9.74. The summed E-state index contributed by atoms with van der Waals surface area (Å²) in [6.45, 7) is 0. The second kappa shape index (κ2) is 5.21. The highest BCUT2D eigenvalue weighted by atomic mass is 16.4. The average Bonchev–Trinajstić information content (AvgIpc) is 2.38. The molecule has 96 valence electrons. The monoisotopic (exact) mass is 248 g/mol. The summed E-state index contributed by atoms with van der Waals surface area (Å²) in [6.07, 6.45) is 3.25. The maximum absolute atomic E-state index is 11.3. The number of hydrogen-bond acceptors (Lipinski definition) is 2. The van der Waals surface area contributed by atoms with Crippen molar-refractivity contribution in [3.8, 4) is 0 Å². The van der Waals surface area contributed by atoms with Crippen molar-refractivity contribution in [1.82, 2.24) is 0 Å². The molecular weight excluding hydrogens is 232 g/mol. The third-order valence-corrected chi connectivity index (χ3v) is 3.67. The minimum atomic E-state index is -0.986. The van der Waals surface area contributed by atoms with E-state index >= 15 is 0 Å². The maximum atomic E-state index is 11.3. The van der Waals surface area contributed by atoms with Gasteiger partial charge in [0.1, 0.15) is 0 Å². The molecule has 1 aromatic rings. The summed E-state index contributed by atoms with van der Waals surface area (Å²) in [5.74, 6) is -2.44. The molecule has 1 aliphatic carbocycles. The van der Waals surface area contributed by atoms with Gasteiger partial charge < -0.3 is 10.2 Å². The molecule has 1 aliphatic rings. The van der Waals surface area contributed by atoms with Crippen LogP contribution >= 0.6 is 0 Å². The van der Waals surface area contributed by atoms with Crippen LogP contribution < -0.4 is 0 Å². The molecule has 0 amide bonds. The highest BCUT2D eigenvalue weighted by Gasteiger charge is 2.33. The van der Waals surface area contributed by atoms with Gasteiger partial charge in [0.05, 0.1) is 11.5 Å². The predicted molar refractivity (Wildman–Crippen MR) is 65.7 cm³/mol. The van der Waals surface area contributed by atoms with Crippen molar-refractivity contribution in [2.45, 2.75) is 31.6 Å². The molecule has 2 atom stereocenters. The zero-order chi connectivity index (χ0) is 13.1. The van der Waals surface area contributed by atoms with Crippen molar-refractivity contribution in [2.75, 3.05) is 0 Å². The number of carboxylic acid groups (broad SMARTS) is 2. The molecule has 0 radical (unpaired) electrons. The lowest BCUT2D eigenvalue weighted by Crippen LogP contribution is -2.26. The largest absolute Gasteiger partial charge is 0.481 e. The van der Waals surface area contributed by atoms with Crippen LogP contribution in [0.25, 0.3) is 0 Å². The first kappa shape index (κ1) is 12.6. The van der Waals surface area contributed by atoms with E-state index in [1.165, 1.54) is 0 Å². The SMILES string of the molecule is O=C(O)c1ccccc1C1CCCCC1C(=O)O. The van der Waals surface area contributed by atoms with E-state index in [0.717, 1.165) is 19.3 Å². The molecule has 0 aliphatic heterocycles. The molecule has 0 bridgehead atoms. The van der Waals surface area contributed by atoms with Crippen molar-refractivity contribution in [3.63, 3.8) is 0 Å². The molecule has 1 saturated carbocycles. The molecule has 4 nitrogen and oxygen atoms in total. The molecule has 0 heterocycles. The van der Waals surface area contributed by atoms with Crippen LogP contribution in [0, 0.1) is 5.92 Å². The molecule has 0 saturated heterocycles. The third-order valence-electron chi connectivity index (χ3n) is 3.67. The van der Waals surface area contributed by atoms with E-state index in [2.05, 4.69) is 0 Å². The molecule has 0 aromatic heterocycles. The van der Waals surface area contributed by atoms with Crippen LogP contribution in [0.4, 0.5) is 0 Å². The number of aliphatic carboxylic acids is 1. The van der Waals surface area contributed by atoms with Crippen molar-refractivity contribution >= 4 is 11.9 Å². The standard InChI is InChI=1S/C14H16O4/c15-13(16)11-7-3-1-5-9(11)10-6-2-4-8-12(10)14(17)18/h1,3,5,7,10,12H,2,4,6,8H2,(H,15,16)(H,17,18). The van der Waals surface area contributed by atoms with Gasteiger partial charge >= 0.3 is 11.9 Å². The molecule has 4 heteroatoms. The van der Waals surface area contributed by atoms with Crippen LogP contribution in [-0.4, -0.2) is 22.2 Å². The Morgan fingerprint density at radius 3 is 2.39 bits per heavy atom. The summed E-state index contributed by atoms with van der Waals surface area (Å²) in [5, 5.41) is 18.4. The molecule has 2 N–H and O–H groups in total. The zero-order valence-corrected chi connectivity index (χ0v) is 10.0. The van der Waals surface area contributed by atoms with E-state index in [0.29, 0.717) is 12.0 Å². The molecule has 2 rings (SSSR count). The summed E-state index contributed by atoms with van der Waals surface area (Å²) in [5.41, 5.74) is 0.896. The fourth-order valence-corrected chi connectivity index (χ4v) is 2.81. The number of benzene rings is 1. The second-order valence-corrected chi connectivity index (χ2v) is 4.73. The van der Waals surface area contributed by atoms with Crippen LogP contribution in [0.5, 0.6) is 0 Å². The molecule has 18 heavy (non-hydrogen) atoms. The smallest absolute Gasteiger partial charge is 0.335 e. The summed E-state index contributed by atoms with van der Waals surface area (Å²) in [4.78, 5) is 22.5. The first-order valence-corrected chi connectivity index (χ1v) is 6.16. The first-order chi connectivity index (χ1) is 8.61. The summed E-state index contributed by atoms with van der Waals surface area (Å²) in [7, 11) is 0. The number of carbonyl (C=O) groups is 2. The van der Waals surface area contributed by atoms with Gasteiger partial charge in [-0.05, 0) is 30.4 Å². The fourth-order valence-electron chi connectivity index (χ4n) is 2.81. The molecule has 1 aromatic carbocycles. The Morgan fingerprint density at radius 1 is 1.06 bits per heavy atom. The summed E-state index contributed by atoms with van der Waals surface area (Å²) < 4.78 is 0. The van der Waals surface area contributed by atoms with Crippen LogP contribution in [-0.2, 0) is 4.79 Å². The molecular formula is C14H16O4. The minimum Gasteiger partial charge on any atom is -0.481 e. The molecule has 2 unspecified atom stereocenters. The lowest BCUT2D eigenvalue weighted by molar-refractivity contribution is -0.143. The average molecular weight is 248 g/mol. The van der Waals surface area contributed by atoms with E-state index < -0.39 is 17.9 Å². The van der Waals surface area contributed by atoms with Gasteiger partial charge in [-0.15, -0.1) is 0 Å². The number of carboxylic acids is 2. The van der Waals surface area contributed by atoms with Crippen LogP contribution in [0.1, 0.15) is 47.5 Å². The van der Waals surface area contributed by atoms with Gasteiger partial charge in [-0.3, -0.25) is 4.79 Å². The van der Waals surface area contributed by atoms with Gasteiger partial charge in [-0.25, -0.2) is 4.79 Å². The van der Waals surface area contributed by atoms with Gasteiger partial charge in [0.15, 0.2) is 0 Å². The van der Waals surface area contributed by atoms with Crippen LogP contribution in [0.2, 0.25) is 0 Å². The maximum Gasteiger partial charge on any atom is 0.335 e. The van der Waals surface area contributed by atoms with E-state index in [1.54, 1.807) is 24.3 Å². The van der Waals surface area contributed by atoms with Crippen LogP contribution in [0.3, 0.4) is 0 Å². The van der Waals surface area contributed by atoms with Gasteiger partial charge in [0.25, 0.3) is 0 Å². The highest BCUT2D eigenvalue weighted by molar-refractivity contribution is 5.90. The Kier molecular flexibility index (Phi) is 3.65. The lowest BCUT2D eigenvalue weighted by Gasteiger charge is -2.29. The number of hydrogen-bond donors (Lipinski definition) is 2. The highest BCUT2D eigenvalue weighted by Crippen LogP contribution is 2.39. The zero-order valence-electron chi connectivity index (χ0n) is 10.0. The predicted octanol–water partition coefficient (Wildman–Crippen LogP) is 2.74. The van der Waals surface area contributed by atoms with Gasteiger partial charge in [0, 0.05) is 0 Å². The number of aromatic carboxylic acids is 1. The summed E-state index contributed by atoms with van der Waals surface area (Å²) in [6, 6.07) is 6.74. The van der Waals surface area contributed by atoms with Crippen molar-refractivity contribution < 1.29 is 19.8 Å². The Balaban J connectivity index is 2.39. The quantitative estimate of drug-likeness (QED) is 0.862. The normalized spacial score (nSPS) is 23.6. The van der Waals surface area contributed by atoms with Crippen molar-refractivity contribution in [2.24, 2.45) is 5.92 Å². The van der Waals surface area contributed by atoms with Crippen molar-refractivity contribution in [3.05, 3.63) is 35.4 Å². The van der Waals surface area contributed by atoms with Crippen molar-refractivity contribution in [1.29, 1.82) is 0 Å².